The van der Waals surface area contributed by atoms with Crippen molar-refractivity contribution in [1.29, 1.82) is 0 Å². The van der Waals surface area contributed by atoms with Crippen LogP contribution in [0.15, 0.2) is 12.1 Å². The van der Waals surface area contributed by atoms with E-state index in [-0.39, 0.29) is 12.0 Å². The van der Waals surface area contributed by atoms with Crippen LogP contribution in [-0.4, -0.2) is 24.2 Å². The molecular weight excluding hydrogens is 226 g/mol. The van der Waals surface area contributed by atoms with Gasteiger partial charge >= 0.3 is 5.97 Å². The maximum Gasteiger partial charge on any atom is 0.317 e. The van der Waals surface area contributed by atoms with Crippen LogP contribution in [0.2, 0.25) is 0 Å². The van der Waals surface area contributed by atoms with E-state index in [1.54, 1.807) is 0 Å². The summed E-state index contributed by atoms with van der Waals surface area (Å²) in [4.78, 5) is 10.5. The number of hydrogen-bond acceptors (Lipinski definition) is 2. The summed E-state index contributed by atoms with van der Waals surface area (Å²) in [6.45, 7) is 11.3. The van der Waals surface area contributed by atoms with Crippen LogP contribution in [0.1, 0.15) is 36.1 Å². The summed E-state index contributed by atoms with van der Waals surface area (Å²) in [6.07, 6.45) is 0. The van der Waals surface area contributed by atoms with E-state index in [2.05, 4.69) is 52.1 Å². The summed E-state index contributed by atoms with van der Waals surface area (Å²) in [6, 6.07) is 4.36. The largest absolute Gasteiger partial charge is 0.480 e. The molecule has 0 fully saturated rings. The van der Waals surface area contributed by atoms with Crippen LogP contribution >= 0.6 is 0 Å². The van der Waals surface area contributed by atoms with Crippen molar-refractivity contribution in [3.8, 4) is 0 Å². The van der Waals surface area contributed by atoms with Gasteiger partial charge in [0.2, 0.25) is 0 Å². The molecule has 0 radical (unpaired) electrons. The zero-order chi connectivity index (χ0) is 13.9. The molecule has 0 saturated heterocycles. The highest BCUT2D eigenvalue weighted by atomic mass is 16.4. The first-order valence-electron chi connectivity index (χ1n) is 6.25. The number of carboxylic acid groups (broad SMARTS) is 1. The summed E-state index contributed by atoms with van der Waals surface area (Å²) >= 11 is 0. The Bertz CT molecular complexity index is 427. The molecule has 1 aromatic rings. The Morgan fingerprint density at radius 1 is 1.22 bits per heavy atom. The molecule has 0 atom stereocenters. The van der Waals surface area contributed by atoms with E-state index in [1.807, 2.05) is 0 Å². The first-order valence-corrected chi connectivity index (χ1v) is 6.25. The van der Waals surface area contributed by atoms with E-state index < -0.39 is 5.97 Å². The van der Waals surface area contributed by atoms with Gasteiger partial charge in [0.15, 0.2) is 0 Å². The lowest BCUT2D eigenvalue weighted by Gasteiger charge is -2.29. The molecule has 0 amide bonds. The Balaban J connectivity index is 2.94. The average Bonchev–Trinajstić information content (AvgIpc) is 2.13. The Hall–Kier alpha value is -1.35. The van der Waals surface area contributed by atoms with Crippen molar-refractivity contribution in [1.82, 2.24) is 5.32 Å². The molecular formula is C15H23NO2. The Kier molecular flexibility index (Phi) is 4.52. The van der Waals surface area contributed by atoms with Crippen LogP contribution in [-0.2, 0) is 10.2 Å². The minimum Gasteiger partial charge on any atom is -0.480 e. The van der Waals surface area contributed by atoms with Crippen LogP contribution in [0.4, 0.5) is 0 Å². The molecule has 2 N–H and O–H groups in total. The van der Waals surface area contributed by atoms with Gasteiger partial charge in [-0.3, -0.25) is 4.79 Å². The van der Waals surface area contributed by atoms with Crippen molar-refractivity contribution in [2.75, 3.05) is 13.1 Å². The molecule has 1 rings (SSSR count). The van der Waals surface area contributed by atoms with Gasteiger partial charge in [0.1, 0.15) is 0 Å². The Morgan fingerprint density at radius 3 is 2.17 bits per heavy atom. The molecule has 100 valence electrons. The number of hydrogen-bond donors (Lipinski definition) is 2. The van der Waals surface area contributed by atoms with Crippen LogP contribution in [0.5, 0.6) is 0 Å². The summed E-state index contributed by atoms with van der Waals surface area (Å²) in [7, 11) is 0. The minimum atomic E-state index is -0.817. The van der Waals surface area contributed by atoms with Gasteiger partial charge in [-0.1, -0.05) is 31.5 Å². The van der Waals surface area contributed by atoms with Crippen molar-refractivity contribution in [3.05, 3.63) is 34.4 Å². The van der Waals surface area contributed by atoms with Crippen molar-refractivity contribution in [3.63, 3.8) is 0 Å². The lowest BCUT2D eigenvalue weighted by atomic mass is 9.79. The van der Waals surface area contributed by atoms with E-state index in [9.17, 15) is 4.79 Å². The highest BCUT2D eigenvalue weighted by Gasteiger charge is 2.24. The Labute approximate surface area is 109 Å². The van der Waals surface area contributed by atoms with Crippen molar-refractivity contribution in [2.24, 2.45) is 0 Å². The topological polar surface area (TPSA) is 49.3 Å². The zero-order valence-electron chi connectivity index (χ0n) is 11.9. The first kappa shape index (κ1) is 14.7. The number of carboxylic acids is 1. The van der Waals surface area contributed by atoms with Gasteiger partial charge in [-0.15, -0.1) is 0 Å². The van der Waals surface area contributed by atoms with Crippen molar-refractivity contribution in [2.45, 2.75) is 40.0 Å². The monoisotopic (exact) mass is 249 g/mol. The second-order valence-electron chi connectivity index (χ2n) is 5.65. The highest BCUT2D eigenvalue weighted by Crippen LogP contribution is 2.29. The van der Waals surface area contributed by atoms with E-state index in [0.29, 0.717) is 6.54 Å². The standard InChI is InChI=1S/C15H23NO2/c1-10-6-11(2)14(12(3)7-10)15(4,5)9-16-8-13(17)18/h6-7,16H,8-9H2,1-5H3,(H,17,18). The third-order valence-electron chi connectivity index (χ3n) is 3.20. The molecule has 0 saturated carbocycles. The van der Waals surface area contributed by atoms with Gasteiger partial charge in [-0.25, -0.2) is 0 Å². The van der Waals surface area contributed by atoms with Crippen LogP contribution in [0.25, 0.3) is 0 Å². The van der Waals surface area contributed by atoms with Gasteiger partial charge in [-0.05, 0) is 37.5 Å². The zero-order valence-corrected chi connectivity index (χ0v) is 11.9. The van der Waals surface area contributed by atoms with Gasteiger partial charge in [-0.2, -0.15) is 0 Å². The molecule has 1 aromatic carbocycles. The maximum atomic E-state index is 10.5. The Morgan fingerprint density at radius 2 is 1.72 bits per heavy atom. The van der Waals surface area contributed by atoms with E-state index >= 15 is 0 Å². The molecule has 0 aliphatic heterocycles. The lowest BCUT2D eigenvalue weighted by molar-refractivity contribution is -0.136. The summed E-state index contributed by atoms with van der Waals surface area (Å²) in [5, 5.41) is 11.7. The maximum absolute atomic E-state index is 10.5. The van der Waals surface area contributed by atoms with Gasteiger partial charge in [0.05, 0.1) is 6.54 Å². The fourth-order valence-electron chi connectivity index (χ4n) is 2.82. The number of aryl methyl sites for hydroxylation is 3. The second kappa shape index (κ2) is 5.53. The van der Waals surface area contributed by atoms with Gasteiger partial charge in [0.25, 0.3) is 0 Å². The quantitative estimate of drug-likeness (QED) is 0.843. The molecule has 0 aliphatic rings. The van der Waals surface area contributed by atoms with Crippen LogP contribution < -0.4 is 5.32 Å². The molecule has 3 nitrogen and oxygen atoms in total. The molecule has 0 heterocycles. The van der Waals surface area contributed by atoms with Gasteiger partial charge in [0, 0.05) is 12.0 Å². The number of aliphatic carboxylic acids is 1. The smallest absolute Gasteiger partial charge is 0.317 e. The van der Waals surface area contributed by atoms with Crippen molar-refractivity contribution < 1.29 is 9.90 Å². The lowest BCUT2D eigenvalue weighted by Crippen LogP contribution is -2.36. The van der Waals surface area contributed by atoms with Crippen LogP contribution in [0, 0.1) is 20.8 Å². The van der Waals surface area contributed by atoms with E-state index in [0.717, 1.165) is 0 Å². The first-order chi connectivity index (χ1) is 8.24. The summed E-state index contributed by atoms with van der Waals surface area (Å²) in [5.74, 6) is -0.817. The predicted octanol–water partition coefficient (Wildman–Crippen LogP) is 2.56. The third-order valence-corrected chi connectivity index (χ3v) is 3.20. The van der Waals surface area contributed by atoms with Crippen molar-refractivity contribution >= 4 is 5.97 Å². The summed E-state index contributed by atoms with van der Waals surface area (Å²) in [5.41, 5.74) is 5.05. The SMILES string of the molecule is Cc1cc(C)c(C(C)(C)CNCC(=O)O)c(C)c1. The molecule has 0 bridgehead atoms. The average molecular weight is 249 g/mol. The predicted molar refractivity (Wildman–Crippen MR) is 74.2 cm³/mol. The normalized spacial score (nSPS) is 11.6. The molecule has 18 heavy (non-hydrogen) atoms. The molecule has 0 aromatic heterocycles. The molecule has 0 aliphatic carbocycles. The number of benzene rings is 1. The minimum absolute atomic E-state index is 0.00733. The third kappa shape index (κ3) is 3.57. The summed E-state index contributed by atoms with van der Waals surface area (Å²) < 4.78 is 0. The number of nitrogens with one attached hydrogen (secondary N) is 1. The second-order valence-corrected chi connectivity index (χ2v) is 5.65. The number of rotatable bonds is 5. The highest BCUT2D eigenvalue weighted by molar-refractivity contribution is 5.69. The van der Waals surface area contributed by atoms with Crippen LogP contribution in [0.3, 0.4) is 0 Å². The van der Waals surface area contributed by atoms with Gasteiger partial charge < -0.3 is 10.4 Å². The molecule has 0 spiro atoms. The number of carbonyl (C=O) groups is 1. The molecule has 0 unspecified atom stereocenters. The van der Waals surface area contributed by atoms with E-state index in [4.69, 9.17) is 5.11 Å². The fraction of sp³-hybridized carbons (Fsp3) is 0.533. The molecule has 3 heteroatoms. The van der Waals surface area contributed by atoms with E-state index in [1.165, 1.54) is 22.3 Å². The fourth-order valence-corrected chi connectivity index (χ4v) is 2.82.